The zero-order chi connectivity index (χ0) is 22.8. The molecule has 0 unspecified atom stereocenters. The largest absolute Gasteiger partial charge is 0.493 e. The highest BCUT2D eigenvalue weighted by atomic mass is 35.5. The normalized spacial score (nSPS) is 13.5. The lowest BCUT2D eigenvalue weighted by Gasteiger charge is -2.12. The number of ether oxygens (including phenoxy) is 4. The highest BCUT2D eigenvalue weighted by molar-refractivity contribution is 6.32. The van der Waals surface area contributed by atoms with Gasteiger partial charge in [0, 0.05) is 10.6 Å². The Hall–Kier alpha value is -3.77. The molecule has 0 fully saturated rings. The highest BCUT2D eigenvalue weighted by Gasteiger charge is 2.31. The van der Waals surface area contributed by atoms with Crippen molar-refractivity contribution in [3.05, 3.63) is 87.6 Å². The van der Waals surface area contributed by atoms with E-state index in [1.54, 1.807) is 55.5 Å². The third kappa shape index (κ3) is 3.92. The van der Waals surface area contributed by atoms with E-state index in [9.17, 15) is 9.59 Å². The maximum Gasteiger partial charge on any atom is 0.343 e. The van der Waals surface area contributed by atoms with E-state index in [-0.39, 0.29) is 17.3 Å². The molecule has 1 aliphatic rings. The van der Waals surface area contributed by atoms with Gasteiger partial charge in [-0.05, 0) is 55.0 Å². The Morgan fingerprint density at radius 2 is 1.69 bits per heavy atom. The average molecular weight is 451 g/mol. The van der Waals surface area contributed by atoms with Gasteiger partial charge in [-0.3, -0.25) is 4.79 Å². The number of allylic oxidation sites excluding steroid dienone is 1. The van der Waals surface area contributed by atoms with Crippen LogP contribution in [0.15, 0.2) is 60.4 Å². The van der Waals surface area contributed by atoms with E-state index in [1.807, 2.05) is 6.07 Å². The molecule has 7 heteroatoms. The van der Waals surface area contributed by atoms with E-state index in [0.717, 1.165) is 0 Å². The van der Waals surface area contributed by atoms with E-state index >= 15 is 0 Å². The minimum atomic E-state index is -0.579. The van der Waals surface area contributed by atoms with Crippen LogP contribution in [0.5, 0.6) is 23.0 Å². The molecule has 162 valence electrons. The fourth-order valence-corrected chi connectivity index (χ4v) is 3.52. The van der Waals surface area contributed by atoms with Crippen LogP contribution in [0.25, 0.3) is 6.08 Å². The molecular weight excluding hydrogens is 432 g/mol. The molecule has 0 radical (unpaired) electrons. The number of rotatable bonds is 5. The van der Waals surface area contributed by atoms with Crippen molar-refractivity contribution in [2.45, 2.75) is 6.92 Å². The Labute approximate surface area is 189 Å². The molecule has 0 saturated heterocycles. The zero-order valence-corrected chi connectivity index (χ0v) is 18.4. The van der Waals surface area contributed by atoms with Gasteiger partial charge in [0.2, 0.25) is 5.78 Å². The lowest BCUT2D eigenvalue weighted by atomic mass is 10.1. The van der Waals surface area contributed by atoms with Gasteiger partial charge in [0.05, 0.1) is 25.3 Å². The van der Waals surface area contributed by atoms with Gasteiger partial charge >= 0.3 is 5.97 Å². The summed E-state index contributed by atoms with van der Waals surface area (Å²) in [6, 6.07) is 15.0. The van der Waals surface area contributed by atoms with Crippen LogP contribution in [0.3, 0.4) is 0 Å². The standard InChI is InChI=1S/C25H19ClO6/c1-14-19(32-25(28)16-8-10-20(29-2)21(13-16)30-3)11-9-17-23(27)22(31-24(14)17)12-15-6-4-5-7-18(15)26/h4-13H,1-3H3/b22-12-. The number of halogens is 1. The van der Waals surface area contributed by atoms with Gasteiger partial charge in [-0.1, -0.05) is 29.8 Å². The number of esters is 1. The van der Waals surface area contributed by atoms with Gasteiger partial charge < -0.3 is 18.9 Å². The van der Waals surface area contributed by atoms with Gasteiger partial charge in [-0.15, -0.1) is 0 Å². The Kier molecular flexibility index (Phi) is 5.88. The Morgan fingerprint density at radius 3 is 2.41 bits per heavy atom. The summed E-state index contributed by atoms with van der Waals surface area (Å²) in [7, 11) is 3.00. The molecule has 3 aromatic rings. The number of fused-ring (bicyclic) bond motifs is 1. The van der Waals surface area contributed by atoms with Crippen LogP contribution in [0.1, 0.15) is 31.8 Å². The molecule has 6 nitrogen and oxygen atoms in total. The smallest absolute Gasteiger partial charge is 0.343 e. The first-order valence-electron chi connectivity index (χ1n) is 9.69. The maximum absolute atomic E-state index is 12.8. The van der Waals surface area contributed by atoms with Crippen molar-refractivity contribution in [2.24, 2.45) is 0 Å². The number of hydrogen-bond donors (Lipinski definition) is 0. The molecule has 0 bridgehead atoms. The third-order valence-electron chi connectivity index (χ3n) is 5.05. The molecule has 0 amide bonds. The topological polar surface area (TPSA) is 71.1 Å². The summed E-state index contributed by atoms with van der Waals surface area (Å²) in [5.41, 5.74) is 1.89. The minimum absolute atomic E-state index is 0.152. The lowest BCUT2D eigenvalue weighted by Crippen LogP contribution is -2.10. The first kappa shape index (κ1) is 21.5. The van der Waals surface area contributed by atoms with E-state index < -0.39 is 5.97 Å². The SMILES string of the molecule is COc1ccc(C(=O)Oc2ccc3c(c2C)O/C(=C\c2ccccc2Cl)C3=O)cc1OC. The monoisotopic (exact) mass is 450 g/mol. The van der Waals surface area contributed by atoms with Crippen molar-refractivity contribution < 1.29 is 28.5 Å². The molecule has 1 aliphatic heterocycles. The van der Waals surface area contributed by atoms with Crippen LogP contribution < -0.4 is 18.9 Å². The molecule has 0 spiro atoms. The highest BCUT2D eigenvalue weighted by Crippen LogP contribution is 2.40. The molecule has 1 heterocycles. The fraction of sp³-hybridized carbons (Fsp3) is 0.120. The summed E-state index contributed by atoms with van der Waals surface area (Å²) in [6.45, 7) is 1.72. The van der Waals surface area contributed by atoms with E-state index in [1.165, 1.54) is 20.3 Å². The van der Waals surface area contributed by atoms with E-state index in [0.29, 0.717) is 44.5 Å². The number of hydrogen-bond acceptors (Lipinski definition) is 6. The summed E-state index contributed by atoms with van der Waals surface area (Å²) in [6.07, 6.45) is 1.60. The maximum atomic E-state index is 12.8. The summed E-state index contributed by atoms with van der Waals surface area (Å²) in [5, 5.41) is 0.508. The van der Waals surface area contributed by atoms with Crippen LogP contribution >= 0.6 is 11.6 Å². The summed E-state index contributed by atoms with van der Waals surface area (Å²) in [4.78, 5) is 25.5. The second-order valence-corrected chi connectivity index (χ2v) is 7.39. The number of carbonyl (C=O) groups excluding carboxylic acids is 2. The molecular formula is C25H19ClO6. The average Bonchev–Trinajstić information content (AvgIpc) is 3.12. The first-order valence-corrected chi connectivity index (χ1v) is 10.1. The van der Waals surface area contributed by atoms with E-state index in [4.69, 9.17) is 30.5 Å². The Balaban J connectivity index is 1.61. The van der Waals surface area contributed by atoms with Crippen molar-refractivity contribution in [1.82, 2.24) is 0 Å². The van der Waals surface area contributed by atoms with Crippen molar-refractivity contribution in [3.63, 3.8) is 0 Å². The lowest BCUT2D eigenvalue weighted by molar-refractivity contribution is 0.0732. The summed E-state index contributed by atoms with van der Waals surface area (Å²) >= 11 is 6.19. The zero-order valence-electron chi connectivity index (χ0n) is 17.6. The predicted molar refractivity (Wildman–Crippen MR) is 120 cm³/mol. The van der Waals surface area contributed by atoms with Crippen molar-refractivity contribution >= 4 is 29.4 Å². The molecule has 0 saturated carbocycles. The summed E-state index contributed by atoms with van der Waals surface area (Å²) in [5.74, 6) is 0.866. The Bertz CT molecular complexity index is 1260. The quantitative estimate of drug-likeness (QED) is 0.290. The number of ketones is 1. The molecule has 0 aliphatic carbocycles. The molecule has 4 rings (SSSR count). The first-order chi connectivity index (χ1) is 15.4. The van der Waals surface area contributed by atoms with Gasteiger partial charge in [0.1, 0.15) is 11.5 Å². The van der Waals surface area contributed by atoms with Crippen LogP contribution in [-0.4, -0.2) is 26.0 Å². The third-order valence-corrected chi connectivity index (χ3v) is 5.39. The van der Waals surface area contributed by atoms with Gasteiger partial charge in [-0.25, -0.2) is 4.79 Å². The minimum Gasteiger partial charge on any atom is -0.493 e. The van der Waals surface area contributed by atoms with Crippen LogP contribution in [0.2, 0.25) is 5.02 Å². The van der Waals surface area contributed by atoms with Crippen LogP contribution in [-0.2, 0) is 0 Å². The molecule has 0 N–H and O–H groups in total. The molecule has 32 heavy (non-hydrogen) atoms. The van der Waals surface area contributed by atoms with Gasteiger partial charge in [-0.2, -0.15) is 0 Å². The molecule has 0 aromatic heterocycles. The van der Waals surface area contributed by atoms with Crippen LogP contribution in [0, 0.1) is 6.92 Å². The predicted octanol–water partition coefficient (Wildman–Crippen LogP) is 5.50. The van der Waals surface area contributed by atoms with E-state index in [2.05, 4.69) is 0 Å². The van der Waals surface area contributed by atoms with Crippen molar-refractivity contribution in [3.8, 4) is 23.0 Å². The molecule has 0 atom stereocenters. The number of benzene rings is 3. The number of methoxy groups -OCH3 is 2. The number of carbonyl (C=O) groups is 2. The van der Waals surface area contributed by atoms with Gasteiger partial charge in [0.25, 0.3) is 0 Å². The van der Waals surface area contributed by atoms with Crippen molar-refractivity contribution in [1.29, 1.82) is 0 Å². The second-order valence-electron chi connectivity index (χ2n) is 6.99. The summed E-state index contributed by atoms with van der Waals surface area (Å²) < 4.78 is 21.8. The number of Topliss-reactive ketones (excluding diaryl/α,β-unsaturated/α-hetero) is 1. The van der Waals surface area contributed by atoms with Gasteiger partial charge in [0.15, 0.2) is 17.3 Å². The second kappa shape index (κ2) is 8.77. The van der Waals surface area contributed by atoms with Crippen molar-refractivity contribution in [2.75, 3.05) is 14.2 Å². The van der Waals surface area contributed by atoms with Crippen LogP contribution in [0.4, 0.5) is 0 Å². The Morgan fingerprint density at radius 1 is 0.969 bits per heavy atom. The molecule has 3 aromatic carbocycles. The fourth-order valence-electron chi connectivity index (χ4n) is 3.33.